The Morgan fingerprint density at radius 3 is 2.61 bits per heavy atom. The van der Waals surface area contributed by atoms with Gasteiger partial charge in [0.1, 0.15) is 12.4 Å². The van der Waals surface area contributed by atoms with Crippen LogP contribution >= 0.6 is 0 Å². The van der Waals surface area contributed by atoms with Gasteiger partial charge in [-0.1, -0.05) is 18.2 Å². The highest BCUT2D eigenvalue weighted by Gasteiger charge is 2.18. The van der Waals surface area contributed by atoms with Gasteiger partial charge in [-0.2, -0.15) is 0 Å². The summed E-state index contributed by atoms with van der Waals surface area (Å²) in [5.41, 5.74) is 1.14. The SMILES string of the molecule is COc1c(F)cc(NC(=O)C2=Cc3ccccc3OC2)cc1F. The van der Waals surface area contributed by atoms with Crippen molar-refractivity contribution in [1.29, 1.82) is 0 Å². The van der Waals surface area contributed by atoms with E-state index in [-0.39, 0.29) is 12.3 Å². The highest BCUT2D eigenvalue weighted by atomic mass is 19.1. The fraction of sp³-hybridized carbons (Fsp3) is 0.118. The molecule has 0 aliphatic carbocycles. The van der Waals surface area contributed by atoms with Gasteiger partial charge in [0.15, 0.2) is 17.4 Å². The molecule has 1 aliphatic heterocycles. The molecule has 0 saturated heterocycles. The number of hydrogen-bond donors (Lipinski definition) is 1. The topological polar surface area (TPSA) is 47.6 Å². The fourth-order valence-corrected chi connectivity index (χ4v) is 2.29. The van der Waals surface area contributed by atoms with Gasteiger partial charge in [-0.05, 0) is 12.1 Å². The summed E-state index contributed by atoms with van der Waals surface area (Å²) in [6, 6.07) is 9.27. The van der Waals surface area contributed by atoms with E-state index in [4.69, 9.17) is 4.74 Å². The second-order valence-corrected chi connectivity index (χ2v) is 4.92. The Kier molecular flexibility index (Phi) is 3.97. The van der Waals surface area contributed by atoms with Gasteiger partial charge in [0.05, 0.1) is 12.7 Å². The molecule has 2 aromatic carbocycles. The van der Waals surface area contributed by atoms with Gasteiger partial charge in [0, 0.05) is 23.4 Å². The number of fused-ring (bicyclic) bond motifs is 1. The second-order valence-electron chi connectivity index (χ2n) is 4.92. The summed E-state index contributed by atoms with van der Waals surface area (Å²) in [4.78, 5) is 12.2. The maximum absolute atomic E-state index is 13.6. The van der Waals surface area contributed by atoms with Gasteiger partial charge >= 0.3 is 0 Å². The van der Waals surface area contributed by atoms with Crippen LogP contribution in [0.1, 0.15) is 5.56 Å². The molecular weight excluding hydrogens is 304 g/mol. The number of halogens is 2. The van der Waals surface area contributed by atoms with Gasteiger partial charge in [-0.3, -0.25) is 4.79 Å². The minimum Gasteiger partial charge on any atom is -0.491 e. The number of amides is 1. The van der Waals surface area contributed by atoms with Crippen LogP contribution in [-0.4, -0.2) is 19.6 Å². The second kappa shape index (κ2) is 6.08. The molecule has 1 aliphatic rings. The molecule has 1 N–H and O–H groups in total. The monoisotopic (exact) mass is 317 g/mol. The summed E-state index contributed by atoms with van der Waals surface area (Å²) < 4.78 is 37.4. The maximum Gasteiger partial charge on any atom is 0.255 e. The first-order chi connectivity index (χ1) is 11.1. The molecule has 0 spiro atoms. The number of methoxy groups -OCH3 is 1. The Labute approximate surface area is 131 Å². The number of para-hydroxylation sites is 1. The molecule has 0 atom stereocenters. The summed E-state index contributed by atoms with van der Waals surface area (Å²) >= 11 is 0. The summed E-state index contributed by atoms with van der Waals surface area (Å²) in [5.74, 6) is -2.06. The third-order valence-corrected chi connectivity index (χ3v) is 3.38. The van der Waals surface area contributed by atoms with Gasteiger partial charge < -0.3 is 14.8 Å². The zero-order valence-corrected chi connectivity index (χ0v) is 12.2. The van der Waals surface area contributed by atoms with Crippen molar-refractivity contribution in [3.63, 3.8) is 0 Å². The van der Waals surface area contributed by atoms with Crippen LogP contribution in [0.2, 0.25) is 0 Å². The van der Waals surface area contributed by atoms with Crippen molar-refractivity contribution >= 4 is 17.7 Å². The van der Waals surface area contributed by atoms with Gasteiger partial charge in [0.2, 0.25) is 0 Å². The van der Waals surface area contributed by atoms with Crippen molar-refractivity contribution in [2.75, 3.05) is 19.0 Å². The molecule has 0 radical (unpaired) electrons. The van der Waals surface area contributed by atoms with Crippen LogP contribution in [0.3, 0.4) is 0 Å². The lowest BCUT2D eigenvalue weighted by Gasteiger charge is -2.17. The number of ether oxygens (including phenoxy) is 2. The van der Waals surface area contributed by atoms with Crippen LogP contribution in [0.15, 0.2) is 42.0 Å². The first kappa shape index (κ1) is 15.0. The third-order valence-electron chi connectivity index (χ3n) is 3.38. The standard InChI is InChI=1S/C17H13F2NO3/c1-22-16-13(18)7-12(8-14(16)19)20-17(21)11-6-10-4-2-3-5-15(10)23-9-11/h2-8H,9H2,1H3,(H,20,21). The van der Waals surface area contributed by atoms with Gasteiger partial charge in [-0.15, -0.1) is 0 Å². The molecule has 6 heteroatoms. The predicted molar refractivity (Wildman–Crippen MR) is 81.5 cm³/mol. The van der Waals surface area contributed by atoms with Gasteiger partial charge in [-0.25, -0.2) is 8.78 Å². The van der Waals surface area contributed by atoms with E-state index in [1.807, 2.05) is 18.2 Å². The number of carbonyl (C=O) groups is 1. The zero-order chi connectivity index (χ0) is 16.4. The maximum atomic E-state index is 13.6. The first-order valence-electron chi connectivity index (χ1n) is 6.85. The predicted octanol–water partition coefficient (Wildman–Crippen LogP) is 3.39. The van der Waals surface area contributed by atoms with Crippen LogP contribution in [-0.2, 0) is 4.79 Å². The molecule has 0 fully saturated rings. The average Bonchev–Trinajstić information content (AvgIpc) is 2.54. The van der Waals surface area contributed by atoms with E-state index in [0.29, 0.717) is 11.3 Å². The molecule has 0 aromatic heterocycles. The minimum absolute atomic E-state index is 0.00515. The quantitative estimate of drug-likeness (QED) is 0.944. The number of carbonyl (C=O) groups excluding carboxylic acids is 1. The molecular formula is C17H13F2NO3. The summed E-state index contributed by atoms with van der Waals surface area (Å²) in [7, 11) is 1.17. The lowest BCUT2D eigenvalue weighted by atomic mass is 10.1. The van der Waals surface area contributed by atoms with E-state index in [2.05, 4.69) is 10.1 Å². The summed E-state index contributed by atoms with van der Waals surface area (Å²) in [6.07, 6.45) is 1.68. The molecule has 0 saturated carbocycles. The molecule has 2 aromatic rings. The molecule has 1 amide bonds. The van der Waals surface area contributed by atoms with Crippen LogP contribution < -0.4 is 14.8 Å². The van der Waals surface area contributed by atoms with E-state index in [1.165, 1.54) is 7.11 Å². The van der Waals surface area contributed by atoms with Crippen LogP contribution in [0.25, 0.3) is 6.08 Å². The number of hydrogen-bond acceptors (Lipinski definition) is 3. The zero-order valence-electron chi connectivity index (χ0n) is 12.2. The fourth-order valence-electron chi connectivity index (χ4n) is 2.29. The largest absolute Gasteiger partial charge is 0.491 e. The van der Waals surface area contributed by atoms with Crippen molar-refractivity contribution in [2.45, 2.75) is 0 Å². The van der Waals surface area contributed by atoms with Crippen molar-refractivity contribution in [2.24, 2.45) is 0 Å². The molecule has 1 heterocycles. The lowest BCUT2D eigenvalue weighted by Crippen LogP contribution is -2.21. The average molecular weight is 317 g/mol. The van der Waals surface area contributed by atoms with Crippen molar-refractivity contribution in [1.82, 2.24) is 0 Å². The molecule has 23 heavy (non-hydrogen) atoms. The first-order valence-corrected chi connectivity index (χ1v) is 6.85. The van der Waals surface area contributed by atoms with E-state index in [1.54, 1.807) is 12.1 Å². The Balaban J connectivity index is 1.82. The van der Waals surface area contributed by atoms with Crippen LogP contribution in [0.5, 0.6) is 11.5 Å². The summed E-state index contributed by atoms with van der Waals surface area (Å²) in [5, 5.41) is 2.45. The summed E-state index contributed by atoms with van der Waals surface area (Å²) in [6.45, 7) is 0.0873. The molecule has 3 rings (SSSR count). The molecule has 4 nitrogen and oxygen atoms in total. The molecule has 0 bridgehead atoms. The third kappa shape index (κ3) is 3.01. The van der Waals surface area contributed by atoms with Crippen LogP contribution in [0.4, 0.5) is 14.5 Å². The minimum atomic E-state index is -0.887. The Bertz CT molecular complexity index is 779. The number of benzene rings is 2. The molecule has 0 unspecified atom stereocenters. The van der Waals surface area contributed by atoms with Crippen molar-refractivity contribution < 1.29 is 23.0 Å². The van der Waals surface area contributed by atoms with Gasteiger partial charge in [0.25, 0.3) is 5.91 Å². The number of nitrogens with one attached hydrogen (secondary N) is 1. The van der Waals surface area contributed by atoms with E-state index >= 15 is 0 Å². The van der Waals surface area contributed by atoms with Crippen molar-refractivity contribution in [3.05, 3.63) is 59.2 Å². The van der Waals surface area contributed by atoms with Crippen LogP contribution in [0, 0.1) is 11.6 Å². The van der Waals surface area contributed by atoms with Crippen molar-refractivity contribution in [3.8, 4) is 11.5 Å². The smallest absolute Gasteiger partial charge is 0.255 e. The number of rotatable bonds is 3. The molecule has 118 valence electrons. The van der Waals surface area contributed by atoms with E-state index < -0.39 is 23.3 Å². The van der Waals surface area contributed by atoms with E-state index in [0.717, 1.165) is 17.7 Å². The number of anilines is 1. The van der Waals surface area contributed by atoms with E-state index in [9.17, 15) is 13.6 Å². The lowest BCUT2D eigenvalue weighted by molar-refractivity contribution is -0.113. The Morgan fingerprint density at radius 1 is 1.22 bits per heavy atom. The highest BCUT2D eigenvalue weighted by Crippen LogP contribution is 2.28. The Morgan fingerprint density at radius 2 is 1.91 bits per heavy atom. The Hall–Kier alpha value is -2.89. The normalized spacial score (nSPS) is 12.7. The highest BCUT2D eigenvalue weighted by molar-refractivity contribution is 6.07.